The average Bonchev–Trinajstić information content (AvgIpc) is 2.78. The Morgan fingerprint density at radius 3 is 2.72 bits per heavy atom. The van der Waals surface area contributed by atoms with Crippen molar-refractivity contribution in [3.8, 4) is 0 Å². The zero-order chi connectivity index (χ0) is 18.6. The van der Waals surface area contributed by atoms with Crippen LogP contribution in [-0.2, 0) is 19.1 Å². The van der Waals surface area contributed by atoms with Gasteiger partial charge in [-0.15, -0.1) is 0 Å². The molecule has 5 nitrogen and oxygen atoms in total. The van der Waals surface area contributed by atoms with Crippen LogP contribution in [0.1, 0.15) is 60.3 Å². The van der Waals surface area contributed by atoms with Gasteiger partial charge in [-0.05, 0) is 57.3 Å². The number of hydrogen-bond donors (Lipinski definition) is 1. The van der Waals surface area contributed by atoms with E-state index < -0.39 is 11.8 Å². The van der Waals surface area contributed by atoms with Gasteiger partial charge in [0.1, 0.15) is 6.10 Å². The summed E-state index contributed by atoms with van der Waals surface area (Å²) in [7, 11) is 0. The number of allylic oxidation sites excluding steroid dienone is 1. The number of rotatable bonds is 2. The van der Waals surface area contributed by atoms with E-state index >= 15 is 0 Å². The van der Waals surface area contributed by atoms with Gasteiger partial charge >= 0.3 is 11.9 Å². The SMILES string of the molecule is C/C=C(/C)C(=O)O[C@H]1CC[C@@H]2C[C@@]3(O)OC(=O)C(C)=C3C[C@]2(C)[C@H]1C. The van der Waals surface area contributed by atoms with E-state index in [2.05, 4.69) is 13.8 Å². The molecule has 0 amide bonds. The fourth-order valence-electron chi connectivity index (χ4n) is 4.75. The maximum absolute atomic E-state index is 12.2. The van der Waals surface area contributed by atoms with Crippen LogP contribution in [0, 0.1) is 17.3 Å². The van der Waals surface area contributed by atoms with Crippen LogP contribution >= 0.6 is 0 Å². The fraction of sp³-hybridized carbons (Fsp3) is 0.700. The van der Waals surface area contributed by atoms with E-state index in [4.69, 9.17) is 9.47 Å². The Labute approximate surface area is 149 Å². The van der Waals surface area contributed by atoms with Gasteiger partial charge < -0.3 is 14.6 Å². The Balaban J connectivity index is 1.85. The molecule has 0 aromatic carbocycles. The second-order valence-corrected chi connectivity index (χ2v) is 8.14. The van der Waals surface area contributed by atoms with E-state index in [0.29, 0.717) is 29.6 Å². The van der Waals surface area contributed by atoms with E-state index in [-0.39, 0.29) is 29.3 Å². The van der Waals surface area contributed by atoms with Crippen molar-refractivity contribution in [3.63, 3.8) is 0 Å². The van der Waals surface area contributed by atoms with Crippen LogP contribution in [0.3, 0.4) is 0 Å². The molecule has 5 atom stereocenters. The summed E-state index contributed by atoms with van der Waals surface area (Å²) < 4.78 is 11.1. The summed E-state index contributed by atoms with van der Waals surface area (Å²) in [5.74, 6) is -1.74. The molecule has 1 heterocycles. The van der Waals surface area contributed by atoms with Gasteiger partial charge in [-0.25, -0.2) is 9.59 Å². The molecule has 1 N–H and O–H groups in total. The summed E-state index contributed by atoms with van der Waals surface area (Å²) in [6, 6.07) is 0. The Kier molecular flexibility index (Phi) is 4.34. The van der Waals surface area contributed by atoms with Gasteiger partial charge in [-0.3, -0.25) is 0 Å². The lowest BCUT2D eigenvalue weighted by atomic mass is 9.53. The van der Waals surface area contributed by atoms with Gasteiger partial charge in [0.25, 0.3) is 0 Å². The van der Waals surface area contributed by atoms with Crippen LogP contribution in [0.2, 0.25) is 0 Å². The molecular weight excluding hydrogens is 320 g/mol. The molecule has 3 aliphatic rings. The smallest absolute Gasteiger partial charge is 0.336 e. The number of aliphatic hydroxyl groups is 1. The van der Waals surface area contributed by atoms with Crippen LogP contribution in [0.25, 0.3) is 0 Å². The van der Waals surface area contributed by atoms with Gasteiger partial charge in [0.2, 0.25) is 5.79 Å². The van der Waals surface area contributed by atoms with Crippen molar-refractivity contribution in [1.29, 1.82) is 0 Å². The molecule has 3 rings (SSSR count). The predicted octanol–water partition coefficient (Wildman–Crippen LogP) is 3.27. The zero-order valence-corrected chi connectivity index (χ0v) is 15.7. The van der Waals surface area contributed by atoms with E-state index in [9.17, 15) is 14.7 Å². The molecule has 0 bridgehead atoms. The Hall–Kier alpha value is -1.62. The highest BCUT2D eigenvalue weighted by Crippen LogP contribution is 2.59. The summed E-state index contributed by atoms with van der Waals surface area (Å²) in [5.41, 5.74) is 1.72. The molecule has 0 saturated heterocycles. The topological polar surface area (TPSA) is 72.8 Å². The van der Waals surface area contributed by atoms with Gasteiger partial charge in [-0.2, -0.15) is 0 Å². The molecule has 5 heteroatoms. The van der Waals surface area contributed by atoms with Crippen LogP contribution in [0.15, 0.2) is 22.8 Å². The molecule has 0 unspecified atom stereocenters. The number of carbonyl (C=O) groups excluding carboxylic acids is 2. The minimum atomic E-state index is -1.43. The van der Waals surface area contributed by atoms with Gasteiger partial charge in [0, 0.05) is 23.1 Å². The summed E-state index contributed by atoms with van der Waals surface area (Å²) in [4.78, 5) is 24.1. The van der Waals surface area contributed by atoms with Crippen LogP contribution in [-0.4, -0.2) is 28.9 Å². The Morgan fingerprint density at radius 1 is 1.40 bits per heavy atom. The molecule has 1 aliphatic heterocycles. The first kappa shape index (κ1) is 18.2. The van der Waals surface area contributed by atoms with Crippen LogP contribution in [0.4, 0.5) is 0 Å². The minimum absolute atomic E-state index is 0.135. The van der Waals surface area contributed by atoms with Crippen LogP contribution in [0.5, 0.6) is 0 Å². The largest absolute Gasteiger partial charge is 0.459 e. The lowest BCUT2D eigenvalue weighted by Crippen LogP contribution is -2.54. The Morgan fingerprint density at radius 2 is 2.08 bits per heavy atom. The molecule has 0 spiro atoms. The minimum Gasteiger partial charge on any atom is -0.459 e. The van der Waals surface area contributed by atoms with Crippen molar-refractivity contribution in [2.24, 2.45) is 17.3 Å². The average molecular weight is 348 g/mol. The van der Waals surface area contributed by atoms with E-state index in [0.717, 1.165) is 12.8 Å². The second kappa shape index (κ2) is 5.97. The van der Waals surface area contributed by atoms with Crippen molar-refractivity contribution in [2.75, 3.05) is 0 Å². The van der Waals surface area contributed by atoms with E-state index in [1.165, 1.54) is 0 Å². The first-order chi connectivity index (χ1) is 11.6. The zero-order valence-electron chi connectivity index (χ0n) is 15.7. The van der Waals surface area contributed by atoms with E-state index in [1.54, 1.807) is 19.9 Å². The fourth-order valence-corrected chi connectivity index (χ4v) is 4.75. The standard InChI is InChI=1S/C20H28O5/c1-6-11(2)17(21)24-16-8-7-14-9-20(23)15(12(3)18(22)25-20)10-19(14,5)13(16)4/h6,13-14,16,23H,7-10H2,1-5H3/b11-6-/t13-,14+,16-,19+,20+/m0/s1. The summed E-state index contributed by atoms with van der Waals surface area (Å²) in [5, 5.41) is 10.8. The van der Waals surface area contributed by atoms with Gasteiger partial charge in [0.05, 0.1) is 0 Å². The summed E-state index contributed by atoms with van der Waals surface area (Å²) in [6.07, 6.45) is 4.27. The highest BCUT2D eigenvalue weighted by Gasteiger charge is 2.59. The second-order valence-electron chi connectivity index (χ2n) is 8.14. The van der Waals surface area contributed by atoms with Gasteiger partial charge in [0.15, 0.2) is 0 Å². The predicted molar refractivity (Wildman–Crippen MR) is 92.3 cm³/mol. The molecule has 2 aliphatic carbocycles. The first-order valence-corrected chi connectivity index (χ1v) is 9.12. The molecule has 138 valence electrons. The Bertz CT molecular complexity index is 676. The quantitative estimate of drug-likeness (QED) is 0.612. The van der Waals surface area contributed by atoms with Crippen molar-refractivity contribution in [2.45, 2.75) is 72.2 Å². The molecular formula is C20H28O5. The highest BCUT2D eigenvalue weighted by molar-refractivity contribution is 5.92. The maximum atomic E-state index is 12.2. The number of ether oxygens (including phenoxy) is 2. The third kappa shape index (κ3) is 2.73. The summed E-state index contributed by atoms with van der Waals surface area (Å²) >= 11 is 0. The van der Waals surface area contributed by atoms with Crippen molar-refractivity contribution < 1.29 is 24.2 Å². The van der Waals surface area contributed by atoms with Crippen molar-refractivity contribution in [1.82, 2.24) is 0 Å². The molecule has 25 heavy (non-hydrogen) atoms. The van der Waals surface area contributed by atoms with Crippen molar-refractivity contribution in [3.05, 3.63) is 22.8 Å². The molecule has 0 aromatic heterocycles. The molecule has 0 radical (unpaired) electrons. The number of fused-ring (bicyclic) bond motifs is 2. The van der Waals surface area contributed by atoms with Gasteiger partial charge in [-0.1, -0.05) is 19.9 Å². The third-order valence-electron chi connectivity index (χ3n) is 6.92. The summed E-state index contributed by atoms with van der Waals surface area (Å²) in [6.45, 7) is 9.61. The maximum Gasteiger partial charge on any atom is 0.336 e. The third-order valence-corrected chi connectivity index (χ3v) is 6.92. The number of carbonyl (C=O) groups is 2. The molecule has 2 saturated carbocycles. The normalized spacial score (nSPS) is 41.1. The number of hydrogen-bond acceptors (Lipinski definition) is 5. The molecule has 0 aromatic rings. The van der Waals surface area contributed by atoms with E-state index in [1.807, 2.05) is 6.92 Å². The lowest BCUT2D eigenvalue weighted by Gasteiger charge is -2.54. The number of esters is 2. The monoisotopic (exact) mass is 348 g/mol. The lowest BCUT2D eigenvalue weighted by molar-refractivity contribution is -0.211. The first-order valence-electron chi connectivity index (χ1n) is 9.12. The molecule has 2 fully saturated rings. The van der Waals surface area contributed by atoms with Crippen LogP contribution < -0.4 is 0 Å². The highest BCUT2D eigenvalue weighted by atomic mass is 16.7. The van der Waals surface area contributed by atoms with Crippen molar-refractivity contribution >= 4 is 11.9 Å².